The van der Waals surface area contributed by atoms with Gasteiger partial charge in [0.05, 0.1) is 16.8 Å². The highest BCUT2D eigenvalue weighted by molar-refractivity contribution is 6.08. The highest BCUT2D eigenvalue weighted by Crippen LogP contribution is 2.39. The molecule has 2 aliphatic rings. The molecule has 1 aliphatic heterocycles. The Hall–Kier alpha value is -4.40. The molecule has 3 aromatic rings. The number of esters is 1. The van der Waals surface area contributed by atoms with Crippen LogP contribution in [0.1, 0.15) is 40.5 Å². The molecule has 1 aliphatic carbocycles. The highest BCUT2D eigenvalue weighted by atomic mass is 16.7. The lowest BCUT2D eigenvalue weighted by Crippen LogP contribution is -2.41. The molecule has 9 nitrogen and oxygen atoms in total. The Bertz CT molecular complexity index is 1380. The van der Waals surface area contributed by atoms with Crippen molar-refractivity contribution in [3.63, 3.8) is 0 Å². The first-order chi connectivity index (χ1) is 17.0. The zero-order valence-corrected chi connectivity index (χ0v) is 19.1. The van der Waals surface area contributed by atoms with Crippen LogP contribution in [-0.2, 0) is 16.0 Å². The minimum absolute atomic E-state index is 0.207. The molecular weight excluding hydrogens is 450 g/mol. The fraction of sp³-hybridized carbons (Fsp3) is 0.231. The maximum Gasteiger partial charge on any atom is 0.339 e. The number of aromatic nitrogens is 1. The number of nitrogens with zero attached hydrogens (tertiary/aromatic N) is 1. The Balaban J connectivity index is 1.45. The fourth-order valence-electron chi connectivity index (χ4n) is 4.29. The molecular formula is C26H23N3O6. The summed E-state index contributed by atoms with van der Waals surface area (Å²) < 4.78 is 16.2. The molecule has 0 bridgehead atoms. The summed E-state index contributed by atoms with van der Waals surface area (Å²) in [5.74, 6) is 0.0708. The Kier molecular flexibility index (Phi) is 6.05. The van der Waals surface area contributed by atoms with Gasteiger partial charge in [-0.2, -0.15) is 0 Å². The van der Waals surface area contributed by atoms with Crippen LogP contribution < -0.4 is 20.1 Å². The summed E-state index contributed by atoms with van der Waals surface area (Å²) >= 11 is 0. The summed E-state index contributed by atoms with van der Waals surface area (Å²) in [6.07, 6.45) is 3.34. The van der Waals surface area contributed by atoms with Gasteiger partial charge in [0.1, 0.15) is 0 Å². The smallest absolute Gasteiger partial charge is 0.339 e. The second kappa shape index (κ2) is 9.46. The third-order valence-corrected chi connectivity index (χ3v) is 5.81. The average Bonchev–Trinajstić information content (AvgIpc) is 3.48. The number of allylic oxidation sites excluding steroid dienone is 1. The summed E-state index contributed by atoms with van der Waals surface area (Å²) in [6.45, 7) is 1.74. The zero-order chi connectivity index (χ0) is 24.4. The normalized spacial score (nSPS) is 14.6. The van der Waals surface area contributed by atoms with Crippen molar-refractivity contribution < 1.29 is 28.6 Å². The summed E-state index contributed by atoms with van der Waals surface area (Å²) in [5.41, 5.74) is 4.50. The summed E-state index contributed by atoms with van der Waals surface area (Å²) in [6, 6.07) is 12.4. The fourth-order valence-corrected chi connectivity index (χ4v) is 4.29. The minimum Gasteiger partial charge on any atom is -0.454 e. The second-order valence-corrected chi connectivity index (χ2v) is 8.10. The van der Waals surface area contributed by atoms with Gasteiger partial charge in [-0.15, -0.1) is 0 Å². The zero-order valence-electron chi connectivity index (χ0n) is 19.1. The van der Waals surface area contributed by atoms with Gasteiger partial charge >= 0.3 is 12.0 Å². The van der Waals surface area contributed by atoms with Crippen LogP contribution in [0.25, 0.3) is 22.6 Å². The number of fused-ring (bicyclic) bond motifs is 3. The number of rotatable bonds is 5. The molecule has 5 rings (SSSR count). The first kappa shape index (κ1) is 22.4. The average molecular weight is 473 g/mol. The number of carbonyl (C=O) groups is 3. The first-order valence-corrected chi connectivity index (χ1v) is 11.3. The maximum absolute atomic E-state index is 13.1. The molecule has 0 saturated heterocycles. The maximum atomic E-state index is 13.1. The van der Waals surface area contributed by atoms with Crippen molar-refractivity contribution in [2.75, 3.05) is 19.9 Å². The van der Waals surface area contributed by atoms with Crippen LogP contribution in [0, 0.1) is 0 Å². The van der Waals surface area contributed by atoms with Crippen LogP contribution >= 0.6 is 0 Å². The number of urea groups is 1. The van der Waals surface area contributed by atoms with E-state index in [9.17, 15) is 14.4 Å². The van der Waals surface area contributed by atoms with Gasteiger partial charge in [-0.25, -0.2) is 14.6 Å². The van der Waals surface area contributed by atoms with Crippen molar-refractivity contribution >= 4 is 40.5 Å². The summed E-state index contributed by atoms with van der Waals surface area (Å²) in [7, 11) is 0. The Morgan fingerprint density at radius 3 is 2.77 bits per heavy atom. The third-order valence-electron chi connectivity index (χ3n) is 5.81. The van der Waals surface area contributed by atoms with Gasteiger partial charge in [0.15, 0.2) is 18.1 Å². The molecule has 0 spiro atoms. The molecule has 178 valence electrons. The molecule has 0 fully saturated rings. The number of benzene rings is 2. The Labute approximate surface area is 201 Å². The molecule has 1 aromatic heterocycles. The molecule has 0 atom stereocenters. The van der Waals surface area contributed by atoms with Gasteiger partial charge in [0.2, 0.25) is 6.79 Å². The number of nitrogens with one attached hydrogen (secondary N) is 2. The number of para-hydroxylation sites is 1. The van der Waals surface area contributed by atoms with E-state index in [4.69, 9.17) is 19.2 Å². The number of hydrogen-bond acceptors (Lipinski definition) is 7. The molecule has 35 heavy (non-hydrogen) atoms. The predicted molar refractivity (Wildman–Crippen MR) is 128 cm³/mol. The second-order valence-electron chi connectivity index (χ2n) is 8.10. The summed E-state index contributed by atoms with van der Waals surface area (Å²) in [4.78, 5) is 41.5. The molecule has 2 aromatic carbocycles. The standard InChI is InChI=1S/C26H23N3O6/c1-2-27-26(32)29-22(30)13-33-25(31)23-17-5-3-4-6-19(17)28-24-16(8-9-18(23)24)11-15-7-10-20-21(12-15)35-14-34-20/h3-7,10-12H,2,8-9,13-14H2,1H3,(H2,27,29,30,32)/b16-11+. The topological polar surface area (TPSA) is 116 Å². The van der Waals surface area contributed by atoms with Crippen LogP contribution in [0.15, 0.2) is 42.5 Å². The van der Waals surface area contributed by atoms with Gasteiger partial charge in [-0.05, 0) is 60.7 Å². The van der Waals surface area contributed by atoms with Crippen molar-refractivity contribution in [2.24, 2.45) is 0 Å². The van der Waals surface area contributed by atoms with E-state index in [0.29, 0.717) is 47.4 Å². The van der Waals surface area contributed by atoms with Crippen molar-refractivity contribution in [3.05, 3.63) is 64.8 Å². The van der Waals surface area contributed by atoms with Crippen LogP contribution in [0.3, 0.4) is 0 Å². The lowest BCUT2D eigenvalue weighted by atomic mass is 10.0. The number of carbonyl (C=O) groups excluding carboxylic acids is 3. The van der Waals surface area contributed by atoms with E-state index in [0.717, 1.165) is 22.4 Å². The predicted octanol–water partition coefficient (Wildman–Crippen LogP) is 3.45. The van der Waals surface area contributed by atoms with Crippen LogP contribution in [0.4, 0.5) is 4.79 Å². The number of amides is 3. The molecule has 9 heteroatoms. The van der Waals surface area contributed by atoms with Gasteiger partial charge in [0, 0.05) is 11.9 Å². The molecule has 2 heterocycles. The third kappa shape index (κ3) is 4.52. The number of pyridine rings is 1. The van der Waals surface area contributed by atoms with Gasteiger partial charge < -0.3 is 19.5 Å². The van der Waals surface area contributed by atoms with Crippen molar-refractivity contribution in [1.29, 1.82) is 0 Å². The lowest BCUT2D eigenvalue weighted by Gasteiger charge is -2.12. The van der Waals surface area contributed by atoms with Crippen molar-refractivity contribution in [1.82, 2.24) is 15.6 Å². The summed E-state index contributed by atoms with van der Waals surface area (Å²) in [5, 5.41) is 5.23. The largest absolute Gasteiger partial charge is 0.454 e. The number of hydrogen-bond donors (Lipinski definition) is 2. The van der Waals surface area contributed by atoms with Gasteiger partial charge in [0.25, 0.3) is 5.91 Å². The van der Waals surface area contributed by atoms with Crippen LogP contribution in [-0.4, -0.2) is 42.8 Å². The van der Waals surface area contributed by atoms with E-state index in [1.54, 1.807) is 6.92 Å². The van der Waals surface area contributed by atoms with E-state index in [1.807, 2.05) is 48.5 Å². The molecule has 0 saturated carbocycles. The number of ether oxygens (including phenoxy) is 3. The monoisotopic (exact) mass is 473 g/mol. The Morgan fingerprint density at radius 2 is 1.91 bits per heavy atom. The van der Waals surface area contributed by atoms with E-state index < -0.39 is 24.5 Å². The Morgan fingerprint density at radius 1 is 1.09 bits per heavy atom. The van der Waals surface area contributed by atoms with E-state index in [1.165, 1.54) is 0 Å². The first-order valence-electron chi connectivity index (χ1n) is 11.3. The number of imide groups is 1. The SMILES string of the molecule is CCNC(=O)NC(=O)COC(=O)c1c2c(nc3ccccc13)/C(=C/c1ccc3c(c1)OCO3)CC2. The minimum atomic E-state index is -0.706. The van der Waals surface area contributed by atoms with Crippen molar-refractivity contribution in [3.8, 4) is 11.5 Å². The van der Waals surface area contributed by atoms with E-state index >= 15 is 0 Å². The van der Waals surface area contributed by atoms with Crippen molar-refractivity contribution in [2.45, 2.75) is 19.8 Å². The lowest BCUT2D eigenvalue weighted by molar-refractivity contribution is -0.123. The van der Waals surface area contributed by atoms with Crippen LogP contribution in [0.2, 0.25) is 0 Å². The van der Waals surface area contributed by atoms with E-state index in [-0.39, 0.29) is 6.79 Å². The van der Waals surface area contributed by atoms with Gasteiger partial charge in [-0.1, -0.05) is 24.3 Å². The quantitative estimate of drug-likeness (QED) is 0.545. The highest BCUT2D eigenvalue weighted by Gasteiger charge is 2.28. The molecule has 2 N–H and O–H groups in total. The van der Waals surface area contributed by atoms with E-state index in [2.05, 4.69) is 10.6 Å². The molecule has 3 amide bonds. The van der Waals surface area contributed by atoms with Gasteiger partial charge in [-0.3, -0.25) is 10.1 Å². The molecule has 0 unspecified atom stereocenters. The van der Waals surface area contributed by atoms with Crippen LogP contribution in [0.5, 0.6) is 11.5 Å². The molecule has 0 radical (unpaired) electrons.